The van der Waals surface area contributed by atoms with Crippen molar-refractivity contribution in [1.82, 2.24) is 0 Å². The number of amides is 1. The molecule has 0 aromatic heterocycles. The molecule has 0 unspecified atom stereocenters. The molecule has 2 aromatic rings. The van der Waals surface area contributed by atoms with E-state index in [9.17, 15) is 4.79 Å². The third-order valence-corrected chi connectivity index (χ3v) is 4.58. The first-order valence-electron chi connectivity index (χ1n) is 9.11. The molecule has 5 heteroatoms. The lowest BCUT2D eigenvalue weighted by atomic mass is 10.0. The average molecular weight is 354 g/mol. The Hall–Kier alpha value is -2.37. The van der Waals surface area contributed by atoms with Gasteiger partial charge in [-0.25, -0.2) is 0 Å². The van der Waals surface area contributed by atoms with E-state index in [4.69, 9.17) is 15.2 Å². The van der Waals surface area contributed by atoms with Crippen molar-refractivity contribution in [3.05, 3.63) is 60.2 Å². The lowest BCUT2D eigenvalue weighted by Crippen LogP contribution is -2.37. The molecule has 1 amide bonds. The zero-order valence-electron chi connectivity index (χ0n) is 14.9. The maximum Gasteiger partial charge on any atom is 0.241 e. The molecule has 1 saturated heterocycles. The van der Waals surface area contributed by atoms with Crippen LogP contribution in [0.15, 0.2) is 54.6 Å². The molecular formula is C21H26N2O3. The van der Waals surface area contributed by atoms with E-state index in [1.165, 1.54) is 0 Å². The molecule has 0 spiro atoms. The van der Waals surface area contributed by atoms with Crippen molar-refractivity contribution < 1.29 is 14.3 Å². The minimum atomic E-state index is -0.582. The summed E-state index contributed by atoms with van der Waals surface area (Å²) >= 11 is 0. The summed E-state index contributed by atoms with van der Waals surface area (Å²) in [6, 6.07) is 16.6. The number of hydrogen-bond donors (Lipinski definition) is 2. The maximum atomic E-state index is 12.3. The van der Waals surface area contributed by atoms with Crippen LogP contribution in [0, 0.1) is 5.92 Å². The number of carbonyl (C=O) groups is 1. The zero-order valence-corrected chi connectivity index (χ0v) is 14.9. The van der Waals surface area contributed by atoms with Gasteiger partial charge in [0.05, 0.1) is 12.6 Å². The van der Waals surface area contributed by atoms with Gasteiger partial charge in [-0.2, -0.15) is 0 Å². The van der Waals surface area contributed by atoms with Gasteiger partial charge in [-0.3, -0.25) is 4.79 Å². The third-order valence-electron chi connectivity index (χ3n) is 4.58. The van der Waals surface area contributed by atoms with Crippen LogP contribution in [0.5, 0.6) is 5.75 Å². The summed E-state index contributed by atoms with van der Waals surface area (Å²) in [6.07, 6.45) is 2.61. The minimum absolute atomic E-state index is 0.190. The molecule has 3 N–H and O–H groups in total. The Kier molecular flexibility index (Phi) is 6.63. The first-order chi connectivity index (χ1) is 12.7. The fraction of sp³-hybridized carbons (Fsp3) is 0.381. The van der Waals surface area contributed by atoms with Crippen molar-refractivity contribution in [1.29, 1.82) is 0 Å². The average Bonchev–Trinajstić information content (AvgIpc) is 2.69. The van der Waals surface area contributed by atoms with E-state index in [0.29, 0.717) is 18.9 Å². The van der Waals surface area contributed by atoms with Gasteiger partial charge in [0.25, 0.3) is 0 Å². The van der Waals surface area contributed by atoms with Crippen molar-refractivity contribution in [2.75, 3.05) is 25.1 Å². The number of ether oxygens (including phenoxy) is 2. The largest absolute Gasteiger partial charge is 0.493 e. The fourth-order valence-corrected chi connectivity index (χ4v) is 2.96. The van der Waals surface area contributed by atoms with Gasteiger partial charge in [0.15, 0.2) is 0 Å². The van der Waals surface area contributed by atoms with Crippen LogP contribution in [0.3, 0.4) is 0 Å². The second kappa shape index (κ2) is 9.36. The Morgan fingerprint density at radius 1 is 1.12 bits per heavy atom. The topological polar surface area (TPSA) is 73.6 Å². The van der Waals surface area contributed by atoms with E-state index in [1.807, 2.05) is 54.6 Å². The smallest absolute Gasteiger partial charge is 0.241 e. The van der Waals surface area contributed by atoms with Crippen molar-refractivity contribution in [3.8, 4) is 5.75 Å². The van der Waals surface area contributed by atoms with E-state index >= 15 is 0 Å². The number of hydrogen-bond acceptors (Lipinski definition) is 4. The molecule has 3 rings (SSSR count). The van der Waals surface area contributed by atoms with E-state index in [1.54, 1.807) is 0 Å². The summed E-state index contributed by atoms with van der Waals surface area (Å²) < 4.78 is 11.2. The van der Waals surface area contributed by atoms with Gasteiger partial charge in [0.1, 0.15) is 5.75 Å². The van der Waals surface area contributed by atoms with E-state index in [0.717, 1.165) is 43.1 Å². The number of benzene rings is 2. The summed E-state index contributed by atoms with van der Waals surface area (Å²) in [5.41, 5.74) is 7.78. The molecule has 1 aliphatic heterocycles. The highest BCUT2D eigenvalue weighted by Crippen LogP contribution is 2.20. The molecule has 5 nitrogen and oxygen atoms in total. The summed E-state index contributed by atoms with van der Waals surface area (Å²) in [7, 11) is 0. The molecule has 1 atom stereocenters. The Bertz CT molecular complexity index is 682. The molecule has 1 aliphatic rings. The summed E-state index contributed by atoms with van der Waals surface area (Å²) in [4.78, 5) is 12.3. The normalized spacial score (nSPS) is 16.0. The van der Waals surface area contributed by atoms with Gasteiger partial charge >= 0.3 is 0 Å². The van der Waals surface area contributed by atoms with Gasteiger partial charge in [-0.1, -0.05) is 30.3 Å². The number of anilines is 1. The van der Waals surface area contributed by atoms with Gasteiger partial charge in [-0.15, -0.1) is 0 Å². The Balaban J connectivity index is 1.46. The van der Waals surface area contributed by atoms with Crippen LogP contribution >= 0.6 is 0 Å². The van der Waals surface area contributed by atoms with E-state index in [-0.39, 0.29) is 5.91 Å². The second-order valence-corrected chi connectivity index (χ2v) is 6.68. The van der Waals surface area contributed by atoms with Crippen molar-refractivity contribution in [2.24, 2.45) is 11.7 Å². The summed E-state index contributed by atoms with van der Waals surface area (Å²) in [5, 5.41) is 2.86. The molecule has 0 bridgehead atoms. The molecular weight excluding hydrogens is 328 g/mol. The van der Waals surface area contributed by atoms with Crippen LogP contribution in [-0.2, 0) is 16.0 Å². The Morgan fingerprint density at radius 3 is 2.50 bits per heavy atom. The highest BCUT2D eigenvalue weighted by atomic mass is 16.5. The molecule has 138 valence electrons. The minimum Gasteiger partial charge on any atom is -0.493 e. The summed E-state index contributed by atoms with van der Waals surface area (Å²) in [5.74, 6) is 1.17. The predicted octanol–water partition coefficient (Wildman–Crippen LogP) is 3.00. The summed E-state index contributed by atoms with van der Waals surface area (Å²) in [6.45, 7) is 2.35. The van der Waals surface area contributed by atoms with Gasteiger partial charge in [0.2, 0.25) is 5.91 Å². The second-order valence-electron chi connectivity index (χ2n) is 6.68. The highest BCUT2D eigenvalue weighted by molar-refractivity contribution is 5.94. The molecule has 1 heterocycles. The lowest BCUT2D eigenvalue weighted by molar-refractivity contribution is -0.117. The molecule has 0 aliphatic carbocycles. The number of rotatable bonds is 7. The molecule has 0 saturated carbocycles. The van der Waals surface area contributed by atoms with Crippen LogP contribution in [0.1, 0.15) is 18.4 Å². The SMILES string of the molecule is N[C@@H](Cc1ccccc1)C(=O)Nc1ccc(OCC2CCOCC2)cc1. The van der Waals surface area contributed by atoms with Crippen LogP contribution in [0.25, 0.3) is 0 Å². The van der Waals surface area contributed by atoms with Gasteiger partial charge < -0.3 is 20.5 Å². The molecule has 0 radical (unpaired) electrons. The highest BCUT2D eigenvalue weighted by Gasteiger charge is 2.15. The third kappa shape index (κ3) is 5.58. The molecule has 26 heavy (non-hydrogen) atoms. The van der Waals surface area contributed by atoms with E-state index < -0.39 is 6.04 Å². The van der Waals surface area contributed by atoms with Crippen molar-refractivity contribution >= 4 is 11.6 Å². The van der Waals surface area contributed by atoms with Crippen LogP contribution in [-0.4, -0.2) is 31.8 Å². The first kappa shape index (κ1) is 18.4. The quantitative estimate of drug-likeness (QED) is 0.802. The Morgan fingerprint density at radius 2 is 1.81 bits per heavy atom. The van der Waals surface area contributed by atoms with Crippen LogP contribution < -0.4 is 15.8 Å². The van der Waals surface area contributed by atoms with Crippen molar-refractivity contribution in [2.45, 2.75) is 25.3 Å². The molecule has 2 aromatic carbocycles. The first-order valence-corrected chi connectivity index (χ1v) is 9.11. The maximum absolute atomic E-state index is 12.3. The predicted molar refractivity (Wildman–Crippen MR) is 102 cm³/mol. The van der Waals surface area contributed by atoms with Gasteiger partial charge in [-0.05, 0) is 55.0 Å². The number of nitrogens with two attached hydrogens (primary N) is 1. The fourth-order valence-electron chi connectivity index (χ4n) is 2.96. The number of carbonyl (C=O) groups excluding carboxylic acids is 1. The van der Waals surface area contributed by atoms with Crippen LogP contribution in [0.4, 0.5) is 5.69 Å². The Labute approximate surface area is 154 Å². The van der Waals surface area contributed by atoms with Gasteiger partial charge in [0, 0.05) is 18.9 Å². The van der Waals surface area contributed by atoms with Crippen molar-refractivity contribution in [3.63, 3.8) is 0 Å². The zero-order chi connectivity index (χ0) is 18.2. The monoisotopic (exact) mass is 354 g/mol. The number of nitrogens with one attached hydrogen (secondary N) is 1. The molecule has 1 fully saturated rings. The standard InChI is InChI=1S/C21H26N2O3/c22-20(14-16-4-2-1-3-5-16)21(24)23-18-6-8-19(9-7-18)26-15-17-10-12-25-13-11-17/h1-9,17,20H,10-15,22H2,(H,23,24)/t20-/m0/s1. The van der Waals surface area contributed by atoms with E-state index in [2.05, 4.69) is 5.32 Å². The van der Waals surface area contributed by atoms with Crippen LogP contribution in [0.2, 0.25) is 0 Å². The lowest BCUT2D eigenvalue weighted by Gasteiger charge is -2.22.